The molecule has 1 atom stereocenters. The van der Waals surface area contributed by atoms with Crippen LogP contribution in [0.2, 0.25) is 5.02 Å². The zero-order valence-corrected chi connectivity index (χ0v) is 31.3. The minimum Gasteiger partial charge on any atom is -0.379 e. The third-order valence-electron chi connectivity index (χ3n) is 7.10. The van der Waals surface area contributed by atoms with E-state index >= 15 is 0 Å². The van der Waals surface area contributed by atoms with Crippen molar-refractivity contribution in [2.75, 3.05) is 90.0 Å². The topological polar surface area (TPSA) is 194 Å². The van der Waals surface area contributed by atoms with Crippen molar-refractivity contribution in [2.24, 2.45) is 0 Å². The Kier molecular flexibility index (Phi) is 20.9. The summed E-state index contributed by atoms with van der Waals surface area (Å²) >= 11 is 13.0. The van der Waals surface area contributed by atoms with Crippen molar-refractivity contribution in [1.82, 2.24) is 30.2 Å². The molecule has 0 aliphatic rings. The zero-order valence-electron chi connectivity index (χ0n) is 29.0. The molecule has 0 saturated carbocycles. The van der Waals surface area contributed by atoms with Crippen LogP contribution in [0.4, 0.5) is 5.95 Å². The molecular formula is C33H49Cl2N7O8S. The van der Waals surface area contributed by atoms with Crippen LogP contribution in [0, 0.1) is 0 Å². The van der Waals surface area contributed by atoms with E-state index in [2.05, 4.69) is 25.6 Å². The maximum atomic E-state index is 13.0. The summed E-state index contributed by atoms with van der Waals surface area (Å²) in [5.74, 6) is 0.0365. The zero-order chi connectivity index (χ0) is 36.7. The van der Waals surface area contributed by atoms with Gasteiger partial charge in [0.05, 0.1) is 66.0 Å². The van der Waals surface area contributed by atoms with Gasteiger partial charge in [-0.1, -0.05) is 48.3 Å². The van der Waals surface area contributed by atoms with Gasteiger partial charge in [-0.15, -0.1) is 11.6 Å². The number of fused-ring (bicyclic) bond motifs is 1. The number of hydrogen-bond acceptors (Lipinski definition) is 12. The second-order valence-corrected chi connectivity index (χ2v) is 13.1. The maximum Gasteiger partial charge on any atom is 0.280 e. The van der Waals surface area contributed by atoms with Gasteiger partial charge in [0, 0.05) is 36.7 Å². The van der Waals surface area contributed by atoms with Crippen LogP contribution in [-0.2, 0) is 39.8 Å². The largest absolute Gasteiger partial charge is 0.379 e. The monoisotopic (exact) mass is 773 g/mol. The molecular weight excluding hydrogens is 725 g/mol. The van der Waals surface area contributed by atoms with Crippen molar-refractivity contribution in [1.29, 1.82) is 0 Å². The van der Waals surface area contributed by atoms with Gasteiger partial charge in [0.2, 0.25) is 17.8 Å². The molecule has 2 aromatic heterocycles. The van der Waals surface area contributed by atoms with E-state index in [4.69, 9.17) is 52.6 Å². The van der Waals surface area contributed by atoms with Crippen LogP contribution in [0.15, 0.2) is 34.2 Å². The van der Waals surface area contributed by atoms with Crippen LogP contribution in [0.25, 0.3) is 11.2 Å². The number of rotatable bonds is 28. The van der Waals surface area contributed by atoms with Crippen LogP contribution < -0.4 is 21.9 Å². The smallest absolute Gasteiger partial charge is 0.280 e. The Balaban J connectivity index is 1.30. The van der Waals surface area contributed by atoms with Crippen molar-refractivity contribution >= 4 is 63.9 Å². The Labute approximate surface area is 311 Å². The molecule has 0 aliphatic heterocycles. The number of anilines is 1. The van der Waals surface area contributed by atoms with E-state index in [1.165, 1.54) is 18.7 Å². The summed E-state index contributed by atoms with van der Waals surface area (Å²) in [6.45, 7) is 6.54. The van der Waals surface area contributed by atoms with Crippen molar-refractivity contribution in [3.8, 4) is 0 Å². The number of unbranched alkanes of at least 4 members (excludes halogenated alkanes) is 3. The molecule has 0 radical (unpaired) electrons. The van der Waals surface area contributed by atoms with E-state index in [9.17, 15) is 14.4 Å². The number of nitrogen functional groups attached to an aromatic ring is 1. The van der Waals surface area contributed by atoms with Gasteiger partial charge in [0.25, 0.3) is 5.56 Å². The average Bonchev–Trinajstić information content (AvgIpc) is 3.43. The summed E-state index contributed by atoms with van der Waals surface area (Å²) < 4.78 is 29.3. The minimum atomic E-state index is -0.883. The molecule has 0 unspecified atom stereocenters. The number of nitrogens with zero attached hydrogens (tertiary/aromatic N) is 3. The Morgan fingerprint density at radius 3 is 2.18 bits per heavy atom. The lowest BCUT2D eigenvalue weighted by molar-refractivity contribution is -0.127. The Morgan fingerprint density at radius 2 is 1.55 bits per heavy atom. The minimum absolute atomic E-state index is 0.0514. The molecule has 2 heterocycles. The Morgan fingerprint density at radius 1 is 0.922 bits per heavy atom. The van der Waals surface area contributed by atoms with Crippen molar-refractivity contribution in [3.05, 3.63) is 45.2 Å². The van der Waals surface area contributed by atoms with Gasteiger partial charge >= 0.3 is 0 Å². The number of aromatic nitrogens is 4. The molecule has 0 aliphatic carbocycles. The van der Waals surface area contributed by atoms with E-state index in [1.807, 2.05) is 12.1 Å². The fraction of sp³-hybridized carbons (Fsp3) is 0.606. The summed E-state index contributed by atoms with van der Waals surface area (Å²) in [7, 11) is 0. The molecule has 15 nitrogen and oxygen atoms in total. The SMILES string of the molecule is CC(=O)N[C@@H](CSc1nc2c(=O)[nH]c(N)nc2n1Cc1cccc(Cl)c1)C(=O)NCCOCCOCCOCCOCCOCCCCCCCl. The van der Waals surface area contributed by atoms with Crippen molar-refractivity contribution in [2.45, 2.75) is 50.4 Å². The van der Waals surface area contributed by atoms with E-state index < -0.39 is 17.5 Å². The predicted octanol–water partition coefficient (Wildman–Crippen LogP) is 3.00. The number of thioether (sulfide) groups is 1. The number of ether oxygens (including phenoxy) is 5. The number of carbonyl (C=O) groups is 2. The first kappa shape index (κ1) is 42.5. The highest BCUT2D eigenvalue weighted by Crippen LogP contribution is 2.24. The van der Waals surface area contributed by atoms with Gasteiger partial charge in [-0.05, 0) is 30.5 Å². The van der Waals surface area contributed by atoms with Gasteiger partial charge in [-0.2, -0.15) is 4.98 Å². The molecule has 0 saturated heterocycles. The lowest BCUT2D eigenvalue weighted by atomic mass is 10.2. The second kappa shape index (κ2) is 25.1. The number of amides is 2. The van der Waals surface area contributed by atoms with Crippen LogP contribution in [-0.4, -0.2) is 122 Å². The van der Waals surface area contributed by atoms with E-state index in [1.54, 1.807) is 16.7 Å². The molecule has 3 rings (SSSR count). The number of carbonyl (C=O) groups excluding carboxylic acids is 2. The first-order valence-corrected chi connectivity index (χ1v) is 18.8. The highest BCUT2D eigenvalue weighted by molar-refractivity contribution is 7.99. The number of alkyl halides is 1. The van der Waals surface area contributed by atoms with Crippen LogP contribution >= 0.6 is 35.0 Å². The van der Waals surface area contributed by atoms with E-state index in [0.29, 0.717) is 69.6 Å². The van der Waals surface area contributed by atoms with Gasteiger partial charge in [-0.25, -0.2) is 4.98 Å². The lowest BCUT2D eigenvalue weighted by Gasteiger charge is -2.17. The van der Waals surface area contributed by atoms with Crippen molar-refractivity contribution < 1.29 is 33.3 Å². The number of H-pyrrole nitrogens is 1. The van der Waals surface area contributed by atoms with Crippen LogP contribution in [0.1, 0.15) is 38.2 Å². The van der Waals surface area contributed by atoms with E-state index in [0.717, 1.165) is 43.7 Å². The summed E-state index contributed by atoms with van der Waals surface area (Å²) in [6.07, 6.45) is 4.38. The van der Waals surface area contributed by atoms with E-state index in [-0.39, 0.29) is 41.9 Å². The molecule has 0 spiro atoms. The fourth-order valence-corrected chi connectivity index (χ4v) is 6.08. The predicted molar refractivity (Wildman–Crippen MR) is 198 cm³/mol. The third-order valence-corrected chi connectivity index (χ3v) is 8.67. The Bertz CT molecular complexity index is 1530. The summed E-state index contributed by atoms with van der Waals surface area (Å²) in [5, 5.41) is 6.43. The molecule has 51 heavy (non-hydrogen) atoms. The maximum absolute atomic E-state index is 13.0. The lowest BCUT2D eigenvalue weighted by Crippen LogP contribution is -2.48. The molecule has 0 bridgehead atoms. The van der Waals surface area contributed by atoms with Gasteiger partial charge in [-0.3, -0.25) is 23.9 Å². The highest BCUT2D eigenvalue weighted by atomic mass is 35.5. The quantitative estimate of drug-likeness (QED) is 0.0480. The standard InChI is InChI=1S/C33H49Cl2N7O8S/c1-24(43)38-27(23-51-33-39-28-29(40-32(36)41-31(28)45)42(33)22-25-7-6-8-26(35)21-25)30(44)37-10-12-47-14-16-49-18-20-50-19-17-48-15-13-46-11-5-3-2-4-9-34/h6-8,21,27H,2-5,9-20,22-23H2,1H3,(H,37,44)(H,38,43)(H3,36,40,41,45)/t27-/m0/s1. The molecule has 284 valence electrons. The molecule has 2 amide bonds. The first-order chi connectivity index (χ1) is 24.8. The van der Waals surface area contributed by atoms with Crippen LogP contribution in [0.5, 0.6) is 0 Å². The number of aromatic amines is 1. The number of halogens is 2. The summed E-state index contributed by atoms with van der Waals surface area (Å²) in [5.41, 5.74) is 6.56. The number of benzene rings is 1. The summed E-state index contributed by atoms with van der Waals surface area (Å²) in [6, 6.07) is 6.36. The highest BCUT2D eigenvalue weighted by Gasteiger charge is 2.23. The van der Waals surface area contributed by atoms with Gasteiger partial charge in [0.1, 0.15) is 6.04 Å². The Hall–Kier alpha value is -2.96. The average molecular weight is 775 g/mol. The van der Waals surface area contributed by atoms with Gasteiger partial charge in [0.15, 0.2) is 16.3 Å². The number of imidazole rings is 1. The van der Waals surface area contributed by atoms with Crippen LogP contribution in [0.3, 0.4) is 0 Å². The second-order valence-electron chi connectivity index (χ2n) is 11.3. The molecule has 5 N–H and O–H groups in total. The molecule has 3 aromatic rings. The molecule has 18 heteroatoms. The van der Waals surface area contributed by atoms with Crippen molar-refractivity contribution in [3.63, 3.8) is 0 Å². The molecule has 0 fully saturated rings. The van der Waals surface area contributed by atoms with Gasteiger partial charge < -0.3 is 40.1 Å². The number of hydrogen-bond donors (Lipinski definition) is 4. The number of nitrogens with one attached hydrogen (secondary N) is 3. The summed E-state index contributed by atoms with van der Waals surface area (Å²) in [4.78, 5) is 48.7. The first-order valence-electron chi connectivity index (χ1n) is 16.9. The molecule has 1 aromatic carbocycles. The number of nitrogens with two attached hydrogens (primary N) is 1. The third kappa shape index (κ3) is 16.9. The fourth-order valence-electron chi connectivity index (χ4n) is 4.67. The normalized spacial score (nSPS) is 12.0.